The van der Waals surface area contributed by atoms with E-state index in [4.69, 9.17) is 5.14 Å². The molecule has 0 saturated heterocycles. The van der Waals surface area contributed by atoms with E-state index in [0.29, 0.717) is 18.5 Å². The molecule has 0 spiro atoms. The first-order valence-electron chi connectivity index (χ1n) is 5.75. The first-order valence-corrected chi connectivity index (χ1v) is 7.30. The van der Waals surface area contributed by atoms with Crippen molar-refractivity contribution in [3.63, 3.8) is 0 Å². The van der Waals surface area contributed by atoms with Crippen molar-refractivity contribution >= 4 is 21.6 Å². The van der Waals surface area contributed by atoms with Gasteiger partial charge in [0.2, 0.25) is 15.9 Å². The third-order valence-corrected chi connectivity index (χ3v) is 3.56. The van der Waals surface area contributed by atoms with Crippen molar-refractivity contribution < 1.29 is 13.2 Å². The van der Waals surface area contributed by atoms with Gasteiger partial charge in [-0.3, -0.25) is 4.79 Å². The van der Waals surface area contributed by atoms with E-state index < -0.39 is 10.0 Å². The van der Waals surface area contributed by atoms with Crippen molar-refractivity contribution in [2.24, 2.45) is 5.14 Å². The zero-order valence-corrected chi connectivity index (χ0v) is 11.6. The maximum Gasteiger partial charge on any atom is 0.238 e. The van der Waals surface area contributed by atoms with Gasteiger partial charge in [-0.15, -0.1) is 0 Å². The van der Waals surface area contributed by atoms with Crippen molar-refractivity contribution in [1.29, 1.82) is 0 Å². The summed E-state index contributed by atoms with van der Waals surface area (Å²) in [5.41, 5.74) is 2.24. The van der Waals surface area contributed by atoms with Crippen LogP contribution >= 0.6 is 0 Å². The highest BCUT2D eigenvalue weighted by Crippen LogP contribution is 2.26. The second-order valence-corrected chi connectivity index (χ2v) is 5.61. The molecule has 0 aliphatic carbocycles. The normalized spacial score (nSPS) is 11.3. The monoisotopic (exact) mass is 270 g/mol. The molecule has 0 unspecified atom stereocenters. The van der Waals surface area contributed by atoms with E-state index in [2.05, 4.69) is 5.32 Å². The Labute approximate surface area is 107 Å². The summed E-state index contributed by atoms with van der Waals surface area (Å²) in [4.78, 5) is 11.3. The molecule has 1 aromatic carbocycles. The van der Waals surface area contributed by atoms with E-state index in [1.807, 2.05) is 13.8 Å². The van der Waals surface area contributed by atoms with E-state index >= 15 is 0 Å². The van der Waals surface area contributed by atoms with Gasteiger partial charge >= 0.3 is 0 Å². The summed E-state index contributed by atoms with van der Waals surface area (Å²) in [7, 11) is -3.73. The third kappa shape index (κ3) is 3.30. The fraction of sp³-hybridized carbons (Fsp3) is 0.417. The molecule has 0 aliphatic heterocycles. The van der Waals surface area contributed by atoms with Gasteiger partial charge in [0.15, 0.2) is 0 Å². The number of hydrogen-bond acceptors (Lipinski definition) is 3. The number of sulfonamides is 1. The number of carbonyl (C=O) groups is 1. The Hall–Kier alpha value is -1.40. The third-order valence-electron chi connectivity index (χ3n) is 2.67. The number of benzene rings is 1. The largest absolute Gasteiger partial charge is 0.326 e. The first-order chi connectivity index (χ1) is 8.29. The average molecular weight is 270 g/mol. The van der Waals surface area contributed by atoms with Crippen LogP contribution in [0.1, 0.15) is 31.9 Å². The van der Waals surface area contributed by atoms with Gasteiger partial charge in [-0.2, -0.15) is 0 Å². The molecule has 100 valence electrons. The van der Waals surface area contributed by atoms with Crippen molar-refractivity contribution in [2.75, 3.05) is 5.32 Å². The number of hydrogen-bond donors (Lipinski definition) is 2. The number of nitrogens with one attached hydrogen (secondary N) is 1. The average Bonchev–Trinajstić information content (AvgIpc) is 2.26. The fourth-order valence-electron chi connectivity index (χ4n) is 1.79. The van der Waals surface area contributed by atoms with E-state index in [-0.39, 0.29) is 10.8 Å². The van der Waals surface area contributed by atoms with Gasteiger partial charge in [0.1, 0.15) is 0 Å². The number of primary sulfonamides is 1. The van der Waals surface area contributed by atoms with Crippen molar-refractivity contribution in [3.8, 4) is 0 Å². The summed E-state index contributed by atoms with van der Waals surface area (Å²) >= 11 is 0. The Morgan fingerprint density at radius 3 is 1.94 bits per heavy atom. The number of amides is 1. The van der Waals surface area contributed by atoms with Crippen molar-refractivity contribution in [3.05, 3.63) is 23.3 Å². The van der Waals surface area contributed by atoms with Crippen LogP contribution in [0.15, 0.2) is 17.0 Å². The number of carbonyl (C=O) groups excluding carboxylic acids is 1. The molecule has 1 rings (SSSR count). The lowest BCUT2D eigenvalue weighted by Gasteiger charge is -2.15. The molecular weight excluding hydrogens is 252 g/mol. The highest BCUT2D eigenvalue weighted by Gasteiger charge is 2.15. The predicted octanol–water partition coefficient (Wildman–Crippen LogP) is 1.42. The Bertz CT molecular complexity index is 540. The van der Waals surface area contributed by atoms with Crippen LogP contribution in [0.2, 0.25) is 0 Å². The lowest BCUT2D eigenvalue weighted by molar-refractivity contribution is -0.114. The summed E-state index contributed by atoms with van der Waals surface area (Å²) in [6.07, 6.45) is 1.23. The standard InChI is InChI=1S/C12H18N2O3S/c1-4-9-6-11(18(13,16)17)7-10(5-2)12(9)14-8(3)15/h6-7H,4-5H2,1-3H3,(H,14,15)(H2,13,16,17). The number of anilines is 1. The smallest absolute Gasteiger partial charge is 0.238 e. The molecule has 18 heavy (non-hydrogen) atoms. The van der Waals surface area contributed by atoms with Gasteiger partial charge in [-0.05, 0) is 36.1 Å². The molecule has 5 nitrogen and oxygen atoms in total. The van der Waals surface area contributed by atoms with Crippen LogP contribution in [0.4, 0.5) is 5.69 Å². The summed E-state index contributed by atoms with van der Waals surface area (Å²) in [5.74, 6) is -0.178. The highest BCUT2D eigenvalue weighted by atomic mass is 32.2. The molecule has 0 saturated carbocycles. The molecular formula is C12H18N2O3S. The van der Waals surface area contributed by atoms with E-state index in [1.165, 1.54) is 19.1 Å². The van der Waals surface area contributed by atoms with Gasteiger partial charge in [0, 0.05) is 12.6 Å². The molecule has 1 aromatic rings. The van der Waals surface area contributed by atoms with Crippen LogP contribution in [-0.4, -0.2) is 14.3 Å². The summed E-state index contributed by atoms with van der Waals surface area (Å²) in [6, 6.07) is 3.03. The van der Waals surface area contributed by atoms with E-state index in [1.54, 1.807) is 0 Å². The van der Waals surface area contributed by atoms with Crippen molar-refractivity contribution in [1.82, 2.24) is 0 Å². The Morgan fingerprint density at radius 1 is 1.22 bits per heavy atom. The topological polar surface area (TPSA) is 89.3 Å². The van der Waals surface area contributed by atoms with Gasteiger partial charge in [0.25, 0.3) is 0 Å². The molecule has 6 heteroatoms. The Morgan fingerprint density at radius 2 is 1.67 bits per heavy atom. The first kappa shape index (κ1) is 14.7. The van der Waals surface area contributed by atoms with Crippen molar-refractivity contribution in [2.45, 2.75) is 38.5 Å². The molecule has 0 bridgehead atoms. The van der Waals surface area contributed by atoms with Crippen LogP contribution in [0.3, 0.4) is 0 Å². The number of aryl methyl sites for hydroxylation is 2. The number of rotatable bonds is 4. The van der Waals surface area contributed by atoms with Gasteiger partial charge in [-0.25, -0.2) is 13.6 Å². The summed E-state index contributed by atoms with van der Waals surface area (Å²) in [5, 5.41) is 7.89. The van der Waals surface area contributed by atoms with E-state index in [9.17, 15) is 13.2 Å². The highest BCUT2D eigenvalue weighted by molar-refractivity contribution is 7.89. The molecule has 3 N–H and O–H groups in total. The van der Waals surface area contributed by atoms with E-state index in [0.717, 1.165) is 11.1 Å². The second kappa shape index (κ2) is 5.49. The Balaban J connectivity index is 3.48. The molecule has 0 atom stereocenters. The number of nitrogens with two attached hydrogens (primary N) is 1. The Kier molecular flexibility index (Phi) is 4.48. The lowest BCUT2D eigenvalue weighted by atomic mass is 10.0. The van der Waals surface area contributed by atoms with Gasteiger partial charge in [0.05, 0.1) is 4.90 Å². The molecule has 0 aliphatic rings. The molecule has 1 amide bonds. The van der Waals surface area contributed by atoms with Crippen LogP contribution in [0.25, 0.3) is 0 Å². The minimum absolute atomic E-state index is 0.0882. The summed E-state index contributed by atoms with van der Waals surface area (Å²) < 4.78 is 22.8. The maximum absolute atomic E-state index is 11.4. The minimum Gasteiger partial charge on any atom is -0.326 e. The zero-order chi connectivity index (χ0) is 13.9. The molecule has 0 aromatic heterocycles. The quantitative estimate of drug-likeness (QED) is 0.867. The predicted molar refractivity (Wildman–Crippen MR) is 70.9 cm³/mol. The molecule has 0 heterocycles. The lowest BCUT2D eigenvalue weighted by Crippen LogP contribution is -2.15. The SMILES string of the molecule is CCc1cc(S(N)(=O)=O)cc(CC)c1NC(C)=O. The van der Waals surface area contributed by atoms with Crippen LogP contribution < -0.4 is 10.5 Å². The summed E-state index contributed by atoms with van der Waals surface area (Å²) in [6.45, 7) is 5.21. The molecule has 0 fully saturated rings. The molecule has 0 radical (unpaired) electrons. The van der Waals surface area contributed by atoms with Gasteiger partial charge < -0.3 is 5.32 Å². The zero-order valence-electron chi connectivity index (χ0n) is 10.8. The second-order valence-electron chi connectivity index (χ2n) is 4.05. The van der Waals surface area contributed by atoms with Crippen LogP contribution in [0.5, 0.6) is 0 Å². The fourth-order valence-corrected chi connectivity index (χ4v) is 2.41. The minimum atomic E-state index is -3.73. The maximum atomic E-state index is 11.4. The van der Waals surface area contributed by atoms with Crippen LogP contribution in [0, 0.1) is 0 Å². The van der Waals surface area contributed by atoms with Gasteiger partial charge in [-0.1, -0.05) is 13.8 Å². The van der Waals surface area contributed by atoms with Crippen LogP contribution in [-0.2, 0) is 27.7 Å².